The molecule has 0 aromatic heterocycles. The smallest absolute Gasteiger partial charge is 0.350 e. The largest absolute Gasteiger partial charge is 0.478 e. The van der Waals surface area contributed by atoms with Crippen molar-refractivity contribution in [2.24, 2.45) is 11.8 Å². The molecule has 3 rings (SSSR count). The summed E-state index contributed by atoms with van der Waals surface area (Å²) in [5.41, 5.74) is -1.11. The highest BCUT2D eigenvalue weighted by molar-refractivity contribution is 5.92. The van der Waals surface area contributed by atoms with E-state index in [4.69, 9.17) is 4.74 Å². The van der Waals surface area contributed by atoms with E-state index in [-0.39, 0.29) is 25.7 Å². The first-order chi connectivity index (χ1) is 17.3. The first kappa shape index (κ1) is 27.6. The minimum atomic E-state index is -1.99. The maximum Gasteiger partial charge on any atom is 0.350 e. The van der Waals surface area contributed by atoms with Crippen LogP contribution in [0.25, 0.3) is 0 Å². The summed E-state index contributed by atoms with van der Waals surface area (Å²) in [5.74, 6) is -2.49. The molecule has 2 fully saturated rings. The van der Waals surface area contributed by atoms with E-state index in [0.29, 0.717) is 31.7 Å². The molecule has 10 nitrogen and oxygen atoms in total. The predicted octanol–water partition coefficient (Wildman–Crippen LogP) is 1.25. The van der Waals surface area contributed by atoms with Crippen molar-refractivity contribution in [3.63, 3.8) is 0 Å². The first-order valence-corrected chi connectivity index (χ1v) is 12.7. The standard InChI is InChI=1S/C26H38N4O6/c1-26(25(34)35,28-22(31)18-36-17-20-6-3-2-4-7-20)29-24(33)21-8-5-15-30(16-21)23(32)10-9-19-11-13-27-14-12-19/h2-4,6-7,19,21,27H,5,8-18H2,1H3,(H,28,31)(H,29,33)(H,34,35)/t21?,26-/m0/s1. The van der Waals surface area contributed by atoms with Gasteiger partial charge in [0, 0.05) is 19.5 Å². The van der Waals surface area contributed by atoms with Gasteiger partial charge < -0.3 is 30.7 Å². The number of benzene rings is 1. The van der Waals surface area contributed by atoms with E-state index >= 15 is 0 Å². The second-order valence-corrected chi connectivity index (χ2v) is 9.86. The summed E-state index contributed by atoms with van der Waals surface area (Å²) in [7, 11) is 0. The molecule has 1 aromatic carbocycles. The zero-order valence-electron chi connectivity index (χ0n) is 21.0. The Morgan fingerprint density at radius 3 is 2.53 bits per heavy atom. The first-order valence-electron chi connectivity index (χ1n) is 12.7. The number of carboxylic acids is 1. The van der Waals surface area contributed by atoms with Crippen LogP contribution in [-0.2, 0) is 30.5 Å². The number of likely N-dealkylation sites (tertiary alicyclic amines) is 1. The van der Waals surface area contributed by atoms with Crippen LogP contribution in [0.15, 0.2) is 30.3 Å². The van der Waals surface area contributed by atoms with Crippen LogP contribution in [-0.4, -0.2) is 72.1 Å². The lowest BCUT2D eigenvalue weighted by atomic mass is 9.92. The van der Waals surface area contributed by atoms with Gasteiger partial charge in [-0.05, 0) is 63.6 Å². The maximum absolute atomic E-state index is 13.0. The van der Waals surface area contributed by atoms with Crippen molar-refractivity contribution in [2.75, 3.05) is 32.8 Å². The zero-order chi connectivity index (χ0) is 26.0. The third-order valence-corrected chi connectivity index (χ3v) is 6.91. The van der Waals surface area contributed by atoms with Crippen molar-refractivity contribution >= 4 is 23.7 Å². The van der Waals surface area contributed by atoms with Gasteiger partial charge in [-0.3, -0.25) is 14.4 Å². The molecule has 4 N–H and O–H groups in total. The number of hydrogen-bond donors (Lipinski definition) is 4. The molecule has 198 valence electrons. The van der Waals surface area contributed by atoms with E-state index in [9.17, 15) is 24.3 Å². The van der Waals surface area contributed by atoms with Crippen LogP contribution in [0.1, 0.15) is 51.0 Å². The SMILES string of the molecule is C[C@](NC(=O)COCc1ccccc1)(NC(=O)C1CCCN(C(=O)CCC2CCNCC2)C1)C(=O)O. The van der Waals surface area contributed by atoms with Crippen molar-refractivity contribution in [2.45, 2.75) is 57.7 Å². The Morgan fingerprint density at radius 1 is 1.11 bits per heavy atom. The summed E-state index contributed by atoms with van der Waals surface area (Å²) in [6.07, 6.45) is 4.69. The molecule has 0 spiro atoms. The Labute approximate surface area is 212 Å². The van der Waals surface area contributed by atoms with Crippen molar-refractivity contribution in [3.05, 3.63) is 35.9 Å². The molecule has 2 aliphatic heterocycles. The lowest BCUT2D eigenvalue weighted by molar-refractivity contribution is -0.152. The van der Waals surface area contributed by atoms with E-state index in [1.165, 1.54) is 6.92 Å². The molecule has 2 atom stereocenters. The van der Waals surface area contributed by atoms with Gasteiger partial charge in [-0.15, -0.1) is 0 Å². The van der Waals surface area contributed by atoms with Crippen LogP contribution in [0, 0.1) is 11.8 Å². The fourth-order valence-electron chi connectivity index (χ4n) is 4.71. The number of aliphatic carboxylic acids is 1. The van der Waals surface area contributed by atoms with Gasteiger partial charge in [-0.25, -0.2) is 4.79 Å². The highest BCUT2D eigenvalue weighted by atomic mass is 16.5. The Morgan fingerprint density at radius 2 is 1.83 bits per heavy atom. The van der Waals surface area contributed by atoms with E-state index in [0.717, 1.165) is 37.9 Å². The average molecular weight is 503 g/mol. The van der Waals surface area contributed by atoms with Crippen LogP contribution in [0.5, 0.6) is 0 Å². The van der Waals surface area contributed by atoms with Crippen molar-refractivity contribution in [1.82, 2.24) is 20.9 Å². The van der Waals surface area contributed by atoms with Gasteiger partial charge in [0.25, 0.3) is 0 Å². The summed E-state index contributed by atoms with van der Waals surface area (Å²) in [6, 6.07) is 9.28. The highest BCUT2D eigenvalue weighted by Crippen LogP contribution is 2.22. The van der Waals surface area contributed by atoms with Gasteiger partial charge in [0.15, 0.2) is 0 Å². The van der Waals surface area contributed by atoms with Crippen molar-refractivity contribution in [3.8, 4) is 0 Å². The summed E-state index contributed by atoms with van der Waals surface area (Å²) < 4.78 is 5.37. The molecular formula is C26H38N4O6. The third-order valence-electron chi connectivity index (χ3n) is 6.91. The number of carbonyl (C=O) groups excluding carboxylic acids is 3. The molecule has 1 unspecified atom stereocenters. The van der Waals surface area contributed by atoms with Crippen molar-refractivity contribution in [1.29, 1.82) is 0 Å². The number of nitrogens with one attached hydrogen (secondary N) is 3. The predicted molar refractivity (Wildman–Crippen MR) is 133 cm³/mol. The summed E-state index contributed by atoms with van der Waals surface area (Å²) in [4.78, 5) is 51.7. The number of hydrogen-bond acceptors (Lipinski definition) is 6. The number of carboxylic acid groups (broad SMARTS) is 1. The zero-order valence-corrected chi connectivity index (χ0v) is 21.0. The molecule has 3 amide bonds. The fraction of sp³-hybridized carbons (Fsp3) is 0.615. The lowest BCUT2D eigenvalue weighted by Crippen LogP contribution is -2.65. The number of ether oxygens (including phenoxy) is 1. The van der Waals surface area contributed by atoms with Crippen LogP contribution in [0.4, 0.5) is 0 Å². The van der Waals surface area contributed by atoms with E-state index in [1.807, 2.05) is 30.3 Å². The molecule has 0 bridgehead atoms. The van der Waals surface area contributed by atoms with Gasteiger partial charge in [0.2, 0.25) is 23.4 Å². The Bertz CT molecular complexity index is 905. The van der Waals surface area contributed by atoms with Crippen molar-refractivity contribution < 1.29 is 29.0 Å². The lowest BCUT2D eigenvalue weighted by Gasteiger charge is -2.35. The fourth-order valence-corrected chi connectivity index (χ4v) is 4.71. The molecule has 10 heteroatoms. The monoisotopic (exact) mass is 502 g/mol. The number of carbonyl (C=O) groups is 4. The maximum atomic E-state index is 13.0. The molecular weight excluding hydrogens is 464 g/mol. The molecule has 2 aliphatic rings. The number of amides is 3. The molecule has 0 radical (unpaired) electrons. The Kier molecular flexibility index (Phi) is 10.2. The molecule has 0 saturated carbocycles. The minimum Gasteiger partial charge on any atom is -0.478 e. The average Bonchev–Trinajstić information content (AvgIpc) is 2.88. The number of piperidine rings is 2. The third kappa shape index (κ3) is 8.30. The molecule has 1 aromatic rings. The Balaban J connectivity index is 1.47. The topological polar surface area (TPSA) is 137 Å². The number of nitrogens with zero attached hydrogens (tertiary/aromatic N) is 1. The van der Waals surface area contributed by atoms with Gasteiger partial charge in [-0.1, -0.05) is 30.3 Å². The second kappa shape index (κ2) is 13.4. The summed E-state index contributed by atoms with van der Waals surface area (Å²) >= 11 is 0. The minimum absolute atomic E-state index is 0.0379. The van der Waals surface area contributed by atoms with Crippen LogP contribution >= 0.6 is 0 Å². The van der Waals surface area contributed by atoms with Crippen LogP contribution in [0.3, 0.4) is 0 Å². The highest BCUT2D eigenvalue weighted by Gasteiger charge is 2.39. The van der Waals surface area contributed by atoms with Gasteiger partial charge >= 0.3 is 5.97 Å². The quantitative estimate of drug-likeness (QED) is 0.334. The second-order valence-electron chi connectivity index (χ2n) is 9.86. The number of rotatable bonds is 11. The van der Waals surface area contributed by atoms with Crippen LogP contribution < -0.4 is 16.0 Å². The molecule has 2 saturated heterocycles. The van der Waals surface area contributed by atoms with E-state index in [2.05, 4.69) is 16.0 Å². The van der Waals surface area contributed by atoms with Gasteiger partial charge in [0.05, 0.1) is 12.5 Å². The molecule has 36 heavy (non-hydrogen) atoms. The van der Waals surface area contributed by atoms with Gasteiger partial charge in [0.1, 0.15) is 6.61 Å². The van der Waals surface area contributed by atoms with Gasteiger partial charge in [-0.2, -0.15) is 0 Å². The molecule has 2 heterocycles. The van der Waals surface area contributed by atoms with Crippen LogP contribution in [0.2, 0.25) is 0 Å². The molecule has 0 aliphatic carbocycles. The van der Waals surface area contributed by atoms with E-state index < -0.39 is 29.4 Å². The normalized spacial score (nSPS) is 20.2. The van der Waals surface area contributed by atoms with E-state index in [1.54, 1.807) is 4.90 Å². The Hall–Kier alpha value is -2.98. The summed E-state index contributed by atoms with van der Waals surface area (Å²) in [5, 5.41) is 17.9. The summed E-state index contributed by atoms with van der Waals surface area (Å²) in [6.45, 7) is 3.91.